The molecule has 3 nitrogen and oxygen atoms in total. The predicted molar refractivity (Wildman–Crippen MR) is 70.5 cm³/mol. The van der Waals surface area contributed by atoms with Crippen LogP contribution in [0.1, 0.15) is 51.4 Å². The molecular weight excluding hydrogens is 240 g/mol. The summed E-state index contributed by atoms with van der Waals surface area (Å²) in [5.41, 5.74) is 0.0536. The Labute approximate surface area is 115 Å². The van der Waals surface area contributed by atoms with Crippen LogP contribution in [0.4, 0.5) is 0 Å². The van der Waals surface area contributed by atoms with Gasteiger partial charge in [0.15, 0.2) is 6.29 Å². The van der Waals surface area contributed by atoms with Crippen molar-refractivity contribution in [2.45, 2.75) is 63.3 Å². The van der Waals surface area contributed by atoms with Gasteiger partial charge in [-0.3, -0.25) is 0 Å². The van der Waals surface area contributed by atoms with E-state index in [4.69, 9.17) is 9.47 Å². The van der Waals surface area contributed by atoms with Gasteiger partial charge in [0.05, 0.1) is 5.60 Å². The number of aldehydes is 1. The standard InChI is InChI=1S/C16H24O3/c17-10-14-12-5-11-6-13(14)9-16(7-11,8-12)19-15-3-1-2-4-18-15/h10-15H,1-9H2/t11-,12-,13+,14-,15?,16-. The van der Waals surface area contributed by atoms with Gasteiger partial charge in [0.2, 0.25) is 0 Å². The molecule has 1 saturated heterocycles. The van der Waals surface area contributed by atoms with Gasteiger partial charge in [0.1, 0.15) is 6.29 Å². The molecule has 19 heavy (non-hydrogen) atoms. The van der Waals surface area contributed by atoms with Gasteiger partial charge in [-0.2, -0.15) is 0 Å². The average Bonchev–Trinajstić information content (AvgIpc) is 2.38. The van der Waals surface area contributed by atoms with Crippen LogP contribution >= 0.6 is 0 Å². The third-order valence-electron chi connectivity index (χ3n) is 5.97. The summed E-state index contributed by atoms with van der Waals surface area (Å²) in [6.45, 7) is 0.855. The molecule has 4 aliphatic carbocycles. The average molecular weight is 264 g/mol. The number of hydrogen-bond donors (Lipinski definition) is 0. The highest BCUT2D eigenvalue weighted by Gasteiger charge is 2.56. The van der Waals surface area contributed by atoms with Gasteiger partial charge >= 0.3 is 0 Å². The highest BCUT2D eigenvalue weighted by atomic mass is 16.7. The zero-order valence-electron chi connectivity index (χ0n) is 11.6. The molecule has 1 aliphatic heterocycles. The topological polar surface area (TPSA) is 35.5 Å². The highest BCUT2D eigenvalue weighted by Crippen LogP contribution is 2.59. The van der Waals surface area contributed by atoms with Gasteiger partial charge in [-0.15, -0.1) is 0 Å². The van der Waals surface area contributed by atoms with E-state index >= 15 is 0 Å². The van der Waals surface area contributed by atoms with E-state index in [1.54, 1.807) is 0 Å². The Balaban J connectivity index is 1.51. The molecule has 4 bridgehead atoms. The summed E-state index contributed by atoms with van der Waals surface area (Å²) in [6, 6.07) is 0. The monoisotopic (exact) mass is 264 g/mol. The highest BCUT2D eigenvalue weighted by molar-refractivity contribution is 5.55. The van der Waals surface area contributed by atoms with Gasteiger partial charge in [-0.05, 0) is 69.1 Å². The lowest BCUT2D eigenvalue weighted by molar-refractivity contribution is -0.270. The van der Waals surface area contributed by atoms with Crippen LogP contribution in [-0.4, -0.2) is 24.8 Å². The van der Waals surface area contributed by atoms with Gasteiger partial charge in [-0.25, -0.2) is 0 Å². The maximum Gasteiger partial charge on any atom is 0.158 e. The molecule has 3 heteroatoms. The molecule has 0 amide bonds. The van der Waals surface area contributed by atoms with E-state index in [0.29, 0.717) is 17.8 Å². The largest absolute Gasteiger partial charge is 0.353 e. The molecule has 0 aromatic rings. The van der Waals surface area contributed by atoms with Crippen LogP contribution in [0, 0.1) is 23.7 Å². The molecule has 6 atom stereocenters. The van der Waals surface area contributed by atoms with E-state index in [9.17, 15) is 4.79 Å². The van der Waals surface area contributed by atoms with Crippen molar-refractivity contribution in [1.82, 2.24) is 0 Å². The van der Waals surface area contributed by atoms with E-state index in [0.717, 1.165) is 31.8 Å². The Hall–Kier alpha value is -0.410. The van der Waals surface area contributed by atoms with Crippen molar-refractivity contribution in [1.29, 1.82) is 0 Å². The minimum atomic E-state index is 0.0275. The Morgan fingerprint density at radius 2 is 1.89 bits per heavy atom. The molecule has 5 rings (SSSR count). The smallest absolute Gasteiger partial charge is 0.158 e. The third-order valence-corrected chi connectivity index (χ3v) is 5.97. The Morgan fingerprint density at radius 1 is 1.11 bits per heavy atom. The van der Waals surface area contributed by atoms with Crippen molar-refractivity contribution >= 4 is 6.29 Å². The second-order valence-electron chi connectivity index (χ2n) is 7.28. The lowest BCUT2D eigenvalue weighted by Crippen LogP contribution is -2.57. The molecular formula is C16H24O3. The molecule has 0 radical (unpaired) electrons. The van der Waals surface area contributed by atoms with Gasteiger partial charge in [0, 0.05) is 12.5 Å². The summed E-state index contributed by atoms with van der Waals surface area (Å²) in [5.74, 6) is 2.30. The number of carbonyl (C=O) groups excluding carboxylic acids is 1. The van der Waals surface area contributed by atoms with Crippen molar-refractivity contribution < 1.29 is 14.3 Å². The zero-order valence-corrected chi connectivity index (χ0v) is 11.6. The lowest BCUT2D eigenvalue weighted by atomic mass is 9.50. The van der Waals surface area contributed by atoms with Crippen LogP contribution in [0.3, 0.4) is 0 Å². The molecule has 5 aliphatic rings. The number of carbonyl (C=O) groups is 1. The fraction of sp³-hybridized carbons (Fsp3) is 0.938. The molecule has 106 valence electrons. The SMILES string of the molecule is O=C[C@@H]1[C@@H]2C[C@@H]3C[C@H]1C[C@@](OC1CCCCO1)(C3)C2. The fourth-order valence-corrected chi connectivity index (χ4v) is 5.44. The van der Waals surface area contributed by atoms with E-state index in [-0.39, 0.29) is 11.9 Å². The molecule has 0 N–H and O–H groups in total. The summed E-state index contributed by atoms with van der Waals surface area (Å²) in [5, 5.41) is 0. The summed E-state index contributed by atoms with van der Waals surface area (Å²) in [6.07, 6.45) is 10.7. The van der Waals surface area contributed by atoms with E-state index in [1.807, 2.05) is 0 Å². The minimum absolute atomic E-state index is 0.0275. The summed E-state index contributed by atoms with van der Waals surface area (Å²) in [7, 11) is 0. The summed E-state index contributed by atoms with van der Waals surface area (Å²) >= 11 is 0. The molecule has 0 aromatic heterocycles. The first-order valence-corrected chi connectivity index (χ1v) is 8.03. The number of ether oxygens (including phenoxy) is 2. The minimum Gasteiger partial charge on any atom is -0.353 e. The van der Waals surface area contributed by atoms with Crippen molar-refractivity contribution in [3.8, 4) is 0 Å². The quantitative estimate of drug-likeness (QED) is 0.735. The predicted octanol–water partition coefficient (Wildman–Crippen LogP) is 2.92. The molecule has 4 saturated carbocycles. The Bertz CT molecular complexity index is 345. The van der Waals surface area contributed by atoms with E-state index in [2.05, 4.69) is 0 Å². The molecule has 1 heterocycles. The van der Waals surface area contributed by atoms with E-state index in [1.165, 1.54) is 38.4 Å². The van der Waals surface area contributed by atoms with Crippen molar-refractivity contribution in [3.63, 3.8) is 0 Å². The first kappa shape index (κ1) is 12.3. The Kier molecular flexibility index (Phi) is 2.96. The van der Waals surface area contributed by atoms with Crippen LogP contribution in [-0.2, 0) is 14.3 Å². The first-order chi connectivity index (χ1) is 9.28. The van der Waals surface area contributed by atoms with Crippen LogP contribution in [0.15, 0.2) is 0 Å². The van der Waals surface area contributed by atoms with Crippen LogP contribution < -0.4 is 0 Å². The number of rotatable bonds is 3. The maximum atomic E-state index is 11.3. The molecule has 0 spiro atoms. The van der Waals surface area contributed by atoms with Crippen LogP contribution in [0.25, 0.3) is 0 Å². The fourth-order valence-electron chi connectivity index (χ4n) is 5.44. The van der Waals surface area contributed by atoms with E-state index < -0.39 is 0 Å². The maximum absolute atomic E-state index is 11.3. The third kappa shape index (κ3) is 2.06. The van der Waals surface area contributed by atoms with Gasteiger partial charge < -0.3 is 14.3 Å². The lowest BCUT2D eigenvalue weighted by Gasteiger charge is -2.59. The zero-order chi connectivity index (χ0) is 12.9. The normalized spacial score (nSPS) is 52.3. The second-order valence-corrected chi connectivity index (χ2v) is 7.28. The molecule has 0 aromatic carbocycles. The van der Waals surface area contributed by atoms with Crippen molar-refractivity contribution in [2.24, 2.45) is 23.7 Å². The second kappa shape index (κ2) is 4.56. The van der Waals surface area contributed by atoms with Crippen molar-refractivity contribution in [2.75, 3.05) is 6.61 Å². The molecule has 1 unspecified atom stereocenters. The first-order valence-electron chi connectivity index (χ1n) is 8.03. The van der Waals surface area contributed by atoms with Crippen molar-refractivity contribution in [3.05, 3.63) is 0 Å². The van der Waals surface area contributed by atoms with Gasteiger partial charge in [0.25, 0.3) is 0 Å². The summed E-state index contributed by atoms with van der Waals surface area (Å²) < 4.78 is 12.2. The van der Waals surface area contributed by atoms with Crippen LogP contribution in [0.5, 0.6) is 0 Å². The Morgan fingerprint density at radius 3 is 2.53 bits per heavy atom. The number of hydrogen-bond acceptors (Lipinski definition) is 3. The summed E-state index contributed by atoms with van der Waals surface area (Å²) in [4.78, 5) is 11.3. The molecule has 5 fully saturated rings. The van der Waals surface area contributed by atoms with Gasteiger partial charge in [-0.1, -0.05) is 0 Å². The van der Waals surface area contributed by atoms with Crippen LogP contribution in [0.2, 0.25) is 0 Å².